The summed E-state index contributed by atoms with van der Waals surface area (Å²) < 4.78 is 29.0. The Morgan fingerprint density at radius 3 is 2.71 bits per heavy atom. The van der Waals surface area contributed by atoms with Gasteiger partial charge in [-0.3, -0.25) is 0 Å². The average Bonchev–Trinajstić information content (AvgIpc) is 3.50. The largest absolute Gasteiger partial charge is 0.467 e. The molecule has 2 aromatic carbocycles. The number of nitrogens with zero attached hydrogens (tertiary/aromatic N) is 3. The van der Waals surface area contributed by atoms with E-state index in [-0.39, 0.29) is 36.4 Å². The first-order valence-electron chi connectivity index (χ1n) is 11.1. The molecule has 4 aromatic rings. The van der Waals surface area contributed by atoms with Gasteiger partial charge in [-0.2, -0.15) is 0 Å². The summed E-state index contributed by atoms with van der Waals surface area (Å²) in [5.41, 5.74) is 3.56. The highest BCUT2D eigenvalue weighted by molar-refractivity contribution is 5.79. The van der Waals surface area contributed by atoms with Crippen molar-refractivity contribution in [2.75, 3.05) is 19.0 Å². The maximum absolute atomic E-state index is 13.1. The first kappa shape index (κ1) is 22.0. The van der Waals surface area contributed by atoms with Crippen LogP contribution in [0.4, 0.5) is 16.1 Å². The molecule has 0 radical (unpaired) electrons. The lowest BCUT2D eigenvalue weighted by Gasteiger charge is -2.28. The number of esters is 1. The predicted molar refractivity (Wildman–Crippen MR) is 122 cm³/mol. The molecule has 1 fully saturated rings. The summed E-state index contributed by atoms with van der Waals surface area (Å²) in [6.07, 6.45) is 3.86. The lowest BCUT2D eigenvalue weighted by molar-refractivity contribution is -0.148. The smallest absolute Gasteiger partial charge is 0.331 e. The van der Waals surface area contributed by atoms with Crippen LogP contribution in [0.5, 0.6) is 0 Å². The molecule has 0 saturated heterocycles. The van der Waals surface area contributed by atoms with Crippen LogP contribution < -0.4 is 5.32 Å². The van der Waals surface area contributed by atoms with Gasteiger partial charge in [0.2, 0.25) is 0 Å². The molecule has 2 heterocycles. The van der Waals surface area contributed by atoms with Crippen molar-refractivity contribution in [2.24, 2.45) is 0 Å². The molecule has 2 N–H and O–H groups in total. The molecule has 9 nitrogen and oxygen atoms in total. The van der Waals surface area contributed by atoms with Crippen molar-refractivity contribution in [1.82, 2.24) is 20.2 Å². The van der Waals surface area contributed by atoms with Crippen LogP contribution in [-0.2, 0) is 14.3 Å². The molecule has 1 aliphatic carbocycles. The van der Waals surface area contributed by atoms with Crippen molar-refractivity contribution in [3.8, 4) is 11.7 Å². The topological polar surface area (TPSA) is 115 Å². The molecule has 0 spiro atoms. The number of H-pyrrole nitrogens is 1. The van der Waals surface area contributed by atoms with Gasteiger partial charge in [0.25, 0.3) is 5.89 Å². The van der Waals surface area contributed by atoms with Crippen molar-refractivity contribution < 1.29 is 23.1 Å². The number of aromatic nitrogens is 4. The lowest BCUT2D eigenvalue weighted by atomic mass is 9.82. The van der Waals surface area contributed by atoms with Crippen LogP contribution in [0.1, 0.15) is 37.2 Å². The van der Waals surface area contributed by atoms with Crippen LogP contribution in [0.2, 0.25) is 0 Å². The Morgan fingerprint density at radius 1 is 1.15 bits per heavy atom. The standard InChI is InChI=1S/C24H24FN5O4/c1-32-21(31)13-33-18-9-2-14(3-10-18)15-4-11-19-20(12-15)28-22(27-19)23-29-30-24(34-23)26-17-7-5-16(25)6-8-17/h4-8,11-12,14,18H,2-3,9-10,13H2,1H3,(H,26,30)(H,27,28). The fourth-order valence-electron chi connectivity index (χ4n) is 4.21. The molecule has 0 unspecified atom stereocenters. The van der Waals surface area contributed by atoms with Crippen LogP contribution in [0.3, 0.4) is 0 Å². The van der Waals surface area contributed by atoms with Crippen molar-refractivity contribution in [1.29, 1.82) is 0 Å². The summed E-state index contributed by atoms with van der Waals surface area (Å²) in [4.78, 5) is 19.1. The Bertz CT molecular complexity index is 1280. The van der Waals surface area contributed by atoms with Crippen LogP contribution in [0.25, 0.3) is 22.7 Å². The Morgan fingerprint density at radius 2 is 1.94 bits per heavy atom. The zero-order valence-corrected chi connectivity index (χ0v) is 18.6. The number of aromatic amines is 1. The molecule has 0 amide bonds. The van der Waals surface area contributed by atoms with Gasteiger partial charge in [-0.05, 0) is 73.6 Å². The first-order valence-corrected chi connectivity index (χ1v) is 11.1. The summed E-state index contributed by atoms with van der Waals surface area (Å²) >= 11 is 0. The molecule has 176 valence electrons. The van der Waals surface area contributed by atoms with Crippen molar-refractivity contribution in [3.05, 3.63) is 53.8 Å². The number of hydrogen-bond donors (Lipinski definition) is 2. The summed E-state index contributed by atoms with van der Waals surface area (Å²) in [6.45, 7) is 0.00461. The zero-order chi connectivity index (χ0) is 23.5. The van der Waals surface area contributed by atoms with Gasteiger partial charge in [0.1, 0.15) is 12.4 Å². The van der Waals surface area contributed by atoms with E-state index < -0.39 is 0 Å². The number of methoxy groups -OCH3 is 1. The van der Waals surface area contributed by atoms with E-state index in [9.17, 15) is 9.18 Å². The maximum Gasteiger partial charge on any atom is 0.331 e. The molecule has 2 aromatic heterocycles. The van der Waals surface area contributed by atoms with Crippen LogP contribution in [0, 0.1) is 5.82 Å². The molecular formula is C24H24FN5O4. The maximum atomic E-state index is 13.1. The number of nitrogens with one attached hydrogen (secondary N) is 2. The lowest BCUT2D eigenvalue weighted by Crippen LogP contribution is -2.24. The fraction of sp³-hybridized carbons (Fsp3) is 0.333. The number of rotatable bonds is 7. The van der Waals surface area contributed by atoms with E-state index in [4.69, 9.17) is 9.15 Å². The Hall–Kier alpha value is -3.79. The number of fused-ring (bicyclic) bond motifs is 1. The summed E-state index contributed by atoms with van der Waals surface area (Å²) in [6, 6.07) is 12.3. The van der Waals surface area contributed by atoms with Gasteiger partial charge in [-0.25, -0.2) is 14.2 Å². The van der Waals surface area contributed by atoms with E-state index in [0.717, 1.165) is 36.7 Å². The number of hydrogen-bond acceptors (Lipinski definition) is 8. The summed E-state index contributed by atoms with van der Waals surface area (Å²) in [5, 5.41) is 11.0. The molecule has 10 heteroatoms. The molecular weight excluding hydrogens is 441 g/mol. The number of ether oxygens (including phenoxy) is 2. The van der Waals surface area contributed by atoms with Gasteiger partial charge >= 0.3 is 12.0 Å². The minimum Gasteiger partial charge on any atom is -0.467 e. The van der Waals surface area contributed by atoms with E-state index in [1.54, 1.807) is 12.1 Å². The van der Waals surface area contributed by atoms with Gasteiger partial charge < -0.3 is 24.2 Å². The van der Waals surface area contributed by atoms with Gasteiger partial charge in [-0.15, -0.1) is 5.10 Å². The molecule has 1 saturated carbocycles. The highest BCUT2D eigenvalue weighted by atomic mass is 19.1. The quantitative estimate of drug-likeness (QED) is 0.377. The van der Waals surface area contributed by atoms with Crippen LogP contribution in [0.15, 0.2) is 46.9 Å². The second-order valence-corrected chi connectivity index (χ2v) is 8.27. The molecule has 1 aliphatic rings. The molecule has 0 bridgehead atoms. The predicted octanol–water partition coefficient (Wildman–Crippen LogP) is 4.71. The van der Waals surface area contributed by atoms with Crippen molar-refractivity contribution >= 4 is 28.7 Å². The minimum atomic E-state index is -0.346. The van der Waals surface area contributed by atoms with E-state index in [1.807, 2.05) is 6.07 Å². The number of halogens is 1. The number of carbonyl (C=O) groups is 1. The van der Waals surface area contributed by atoms with Gasteiger partial charge in [-0.1, -0.05) is 11.2 Å². The second kappa shape index (κ2) is 9.60. The first-order chi connectivity index (χ1) is 16.6. The van der Waals surface area contributed by atoms with Crippen molar-refractivity contribution in [3.63, 3.8) is 0 Å². The highest BCUT2D eigenvalue weighted by Gasteiger charge is 2.24. The molecule has 0 aliphatic heterocycles. The van der Waals surface area contributed by atoms with E-state index in [0.29, 0.717) is 17.4 Å². The van der Waals surface area contributed by atoms with Crippen LogP contribution >= 0.6 is 0 Å². The average molecular weight is 465 g/mol. The number of carbonyl (C=O) groups excluding carboxylic acids is 1. The summed E-state index contributed by atoms with van der Waals surface area (Å²) in [5.74, 6) is 0.481. The Labute approximate surface area is 194 Å². The molecule has 0 atom stereocenters. The van der Waals surface area contributed by atoms with Gasteiger partial charge in [0, 0.05) is 5.69 Å². The number of imidazole rings is 1. The number of anilines is 2. The third-order valence-electron chi connectivity index (χ3n) is 6.04. The van der Waals surface area contributed by atoms with Gasteiger partial charge in [0.15, 0.2) is 5.82 Å². The number of benzene rings is 2. The normalized spacial score (nSPS) is 18.2. The van der Waals surface area contributed by atoms with E-state index >= 15 is 0 Å². The van der Waals surface area contributed by atoms with Crippen LogP contribution in [-0.4, -0.2) is 46.0 Å². The minimum absolute atomic E-state index is 0.00461. The second-order valence-electron chi connectivity index (χ2n) is 8.27. The molecule has 34 heavy (non-hydrogen) atoms. The SMILES string of the molecule is COC(=O)COC1CCC(c2ccc3[nH]c(-c4nnc(Nc5ccc(F)cc5)o4)nc3c2)CC1. The highest BCUT2D eigenvalue weighted by Crippen LogP contribution is 2.35. The Kier molecular flexibility index (Phi) is 6.22. The summed E-state index contributed by atoms with van der Waals surface area (Å²) in [7, 11) is 1.36. The molecule has 5 rings (SSSR count). The third-order valence-corrected chi connectivity index (χ3v) is 6.04. The van der Waals surface area contributed by atoms with Crippen molar-refractivity contribution in [2.45, 2.75) is 37.7 Å². The fourth-order valence-corrected chi connectivity index (χ4v) is 4.21. The zero-order valence-electron chi connectivity index (χ0n) is 18.6. The van der Waals surface area contributed by atoms with E-state index in [2.05, 4.69) is 42.4 Å². The van der Waals surface area contributed by atoms with Gasteiger partial charge in [0.05, 0.1) is 24.2 Å². The Balaban J connectivity index is 1.24. The monoisotopic (exact) mass is 465 g/mol. The third kappa shape index (κ3) is 4.91. The van der Waals surface area contributed by atoms with E-state index in [1.165, 1.54) is 24.8 Å².